The van der Waals surface area contributed by atoms with Gasteiger partial charge in [0.15, 0.2) is 0 Å². The number of nitrogens with zero attached hydrogens (tertiary/aromatic N) is 3. The number of para-hydroxylation sites is 2. The average Bonchev–Trinajstić information content (AvgIpc) is 2.74. The molecule has 0 bridgehead atoms. The van der Waals surface area contributed by atoms with Crippen molar-refractivity contribution in [3.63, 3.8) is 0 Å². The number of rotatable bonds is 7. The van der Waals surface area contributed by atoms with E-state index in [1.807, 2.05) is 0 Å². The van der Waals surface area contributed by atoms with Gasteiger partial charge in [-0.05, 0) is 18.2 Å². The van der Waals surface area contributed by atoms with E-state index in [2.05, 4.69) is 37.5 Å². The fraction of sp³-hybridized carbons (Fsp3) is 0.100. The molecule has 8 nitrogen and oxygen atoms in total. The highest BCUT2D eigenvalue weighted by molar-refractivity contribution is 6.01. The lowest BCUT2D eigenvalue weighted by atomic mass is 10.2. The van der Waals surface area contributed by atoms with Gasteiger partial charge in [-0.25, -0.2) is 4.98 Å². The number of nitrogens with one attached hydrogen (secondary N) is 3. The predicted octanol–water partition coefficient (Wildman–Crippen LogP) is 4.51. The van der Waals surface area contributed by atoms with Crippen molar-refractivity contribution in [2.24, 2.45) is 0 Å². The molecule has 2 heterocycles. The van der Waals surface area contributed by atoms with Crippen LogP contribution in [0.4, 0.5) is 42.0 Å². The Morgan fingerprint density at radius 2 is 1.87 bits per heavy atom. The molecule has 3 aromatic rings. The van der Waals surface area contributed by atoms with Crippen molar-refractivity contribution in [3.8, 4) is 5.75 Å². The van der Waals surface area contributed by atoms with E-state index in [4.69, 9.17) is 4.74 Å². The van der Waals surface area contributed by atoms with Gasteiger partial charge in [-0.2, -0.15) is 18.2 Å². The molecule has 1 aromatic carbocycles. The molecule has 0 radical (unpaired) electrons. The second-order valence-corrected chi connectivity index (χ2v) is 6.06. The van der Waals surface area contributed by atoms with E-state index in [0.717, 1.165) is 6.08 Å². The number of carbonyl (C=O) groups excluding carboxylic acids is 1. The Bertz CT molecular complexity index is 1100. The zero-order chi connectivity index (χ0) is 22.4. The van der Waals surface area contributed by atoms with Gasteiger partial charge in [0.2, 0.25) is 11.9 Å². The summed E-state index contributed by atoms with van der Waals surface area (Å²) in [5, 5.41) is 7.93. The fourth-order valence-electron chi connectivity index (χ4n) is 2.49. The quantitative estimate of drug-likeness (QED) is 0.474. The second kappa shape index (κ2) is 9.11. The lowest BCUT2D eigenvalue weighted by Crippen LogP contribution is -2.14. The SMILES string of the molecule is C=CC(=O)Nc1ccccc1Nc1nc(Nc2cncc(OC)c2)ncc1C(F)(F)F. The Kier molecular flexibility index (Phi) is 6.34. The van der Waals surface area contributed by atoms with Crippen LogP contribution in [-0.2, 0) is 11.0 Å². The summed E-state index contributed by atoms with van der Waals surface area (Å²) in [5.41, 5.74) is -0.197. The minimum atomic E-state index is -4.71. The van der Waals surface area contributed by atoms with Crippen LogP contribution in [0.2, 0.25) is 0 Å². The minimum absolute atomic E-state index is 0.0989. The van der Waals surface area contributed by atoms with E-state index >= 15 is 0 Å². The monoisotopic (exact) mass is 430 g/mol. The first-order valence-corrected chi connectivity index (χ1v) is 8.80. The first-order valence-electron chi connectivity index (χ1n) is 8.80. The zero-order valence-corrected chi connectivity index (χ0v) is 16.2. The fourth-order valence-corrected chi connectivity index (χ4v) is 2.49. The summed E-state index contributed by atoms with van der Waals surface area (Å²) in [6, 6.07) is 7.83. The minimum Gasteiger partial charge on any atom is -0.495 e. The Morgan fingerprint density at radius 1 is 1.13 bits per heavy atom. The molecule has 0 saturated carbocycles. The van der Waals surface area contributed by atoms with Crippen LogP contribution in [0.5, 0.6) is 5.75 Å². The number of methoxy groups -OCH3 is 1. The summed E-state index contributed by atoms with van der Waals surface area (Å²) < 4.78 is 45.6. The van der Waals surface area contributed by atoms with Crippen molar-refractivity contribution in [3.05, 3.63) is 67.1 Å². The molecule has 160 valence electrons. The maximum Gasteiger partial charge on any atom is 0.421 e. The Hall–Kier alpha value is -4.15. The molecule has 0 aliphatic rings. The van der Waals surface area contributed by atoms with Crippen LogP contribution in [0.15, 0.2) is 61.6 Å². The van der Waals surface area contributed by atoms with Gasteiger partial charge in [-0.1, -0.05) is 18.7 Å². The highest BCUT2D eigenvalue weighted by atomic mass is 19.4. The summed E-state index contributed by atoms with van der Waals surface area (Å²) in [6.07, 6.45) is -0.0856. The lowest BCUT2D eigenvalue weighted by Gasteiger charge is -2.17. The number of amides is 1. The predicted molar refractivity (Wildman–Crippen MR) is 110 cm³/mol. The maximum absolute atomic E-state index is 13.5. The standard InChI is InChI=1S/C20H17F3N6O2/c1-3-17(30)27-15-6-4-5-7-16(15)28-18-14(20(21,22)23)11-25-19(29-18)26-12-8-13(31-2)10-24-9-12/h3-11H,1H2,2H3,(H,27,30)(H2,25,26,28,29). The number of benzene rings is 1. The summed E-state index contributed by atoms with van der Waals surface area (Å²) in [7, 11) is 1.46. The molecule has 0 aliphatic heterocycles. The van der Waals surface area contributed by atoms with Gasteiger partial charge in [0.1, 0.15) is 17.1 Å². The normalized spacial score (nSPS) is 10.8. The van der Waals surface area contributed by atoms with Gasteiger partial charge < -0.3 is 20.7 Å². The third kappa shape index (κ3) is 5.47. The van der Waals surface area contributed by atoms with E-state index in [9.17, 15) is 18.0 Å². The van der Waals surface area contributed by atoms with E-state index in [-0.39, 0.29) is 17.3 Å². The van der Waals surface area contributed by atoms with Crippen LogP contribution in [0.1, 0.15) is 5.56 Å². The van der Waals surface area contributed by atoms with Gasteiger partial charge in [0.05, 0.1) is 36.6 Å². The molecule has 2 aromatic heterocycles. The highest BCUT2D eigenvalue weighted by Crippen LogP contribution is 2.36. The third-order valence-corrected chi connectivity index (χ3v) is 3.92. The number of halogens is 3. The number of alkyl halides is 3. The number of carbonyl (C=O) groups is 1. The molecule has 0 atom stereocenters. The van der Waals surface area contributed by atoms with Crippen molar-refractivity contribution >= 4 is 34.7 Å². The Labute approximate surface area is 175 Å². The molecule has 31 heavy (non-hydrogen) atoms. The van der Waals surface area contributed by atoms with Gasteiger partial charge in [0, 0.05) is 12.3 Å². The Morgan fingerprint density at radius 3 is 2.55 bits per heavy atom. The molecule has 0 aliphatic carbocycles. The lowest BCUT2D eigenvalue weighted by molar-refractivity contribution is -0.137. The molecule has 0 unspecified atom stereocenters. The van der Waals surface area contributed by atoms with Gasteiger partial charge >= 0.3 is 6.18 Å². The number of hydrogen-bond donors (Lipinski definition) is 3. The van der Waals surface area contributed by atoms with Crippen LogP contribution in [0.25, 0.3) is 0 Å². The van der Waals surface area contributed by atoms with Gasteiger partial charge in [-0.3, -0.25) is 9.78 Å². The second-order valence-electron chi connectivity index (χ2n) is 6.06. The molecule has 11 heteroatoms. The molecular weight excluding hydrogens is 413 g/mol. The van der Waals surface area contributed by atoms with Crippen LogP contribution in [-0.4, -0.2) is 28.0 Å². The molecule has 1 amide bonds. The molecule has 0 fully saturated rings. The first-order chi connectivity index (χ1) is 14.8. The molecule has 0 saturated heterocycles. The molecular formula is C20H17F3N6O2. The zero-order valence-electron chi connectivity index (χ0n) is 16.2. The van der Waals surface area contributed by atoms with E-state index in [1.54, 1.807) is 18.2 Å². The smallest absolute Gasteiger partial charge is 0.421 e. The van der Waals surface area contributed by atoms with Gasteiger partial charge in [-0.15, -0.1) is 0 Å². The molecule has 0 spiro atoms. The Balaban J connectivity index is 1.97. The number of anilines is 5. The maximum atomic E-state index is 13.5. The van der Waals surface area contributed by atoms with Gasteiger partial charge in [0.25, 0.3) is 0 Å². The van der Waals surface area contributed by atoms with Crippen molar-refractivity contribution in [1.29, 1.82) is 0 Å². The van der Waals surface area contributed by atoms with Crippen molar-refractivity contribution < 1.29 is 22.7 Å². The van der Waals surface area contributed by atoms with Crippen molar-refractivity contribution in [1.82, 2.24) is 15.0 Å². The summed E-state index contributed by atoms with van der Waals surface area (Å²) in [6.45, 7) is 3.36. The van der Waals surface area contributed by atoms with E-state index < -0.39 is 23.5 Å². The van der Waals surface area contributed by atoms with Crippen molar-refractivity contribution in [2.75, 3.05) is 23.1 Å². The van der Waals surface area contributed by atoms with Crippen LogP contribution < -0.4 is 20.7 Å². The van der Waals surface area contributed by atoms with E-state index in [1.165, 1.54) is 31.6 Å². The highest BCUT2D eigenvalue weighted by Gasteiger charge is 2.35. The van der Waals surface area contributed by atoms with Crippen LogP contribution >= 0.6 is 0 Å². The third-order valence-electron chi connectivity index (χ3n) is 3.92. The number of pyridine rings is 1. The average molecular weight is 430 g/mol. The van der Waals surface area contributed by atoms with E-state index in [0.29, 0.717) is 17.6 Å². The summed E-state index contributed by atoms with van der Waals surface area (Å²) in [4.78, 5) is 23.3. The number of aromatic nitrogens is 3. The van der Waals surface area contributed by atoms with Crippen molar-refractivity contribution in [2.45, 2.75) is 6.18 Å². The molecule has 3 N–H and O–H groups in total. The summed E-state index contributed by atoms with van der Waals surface area (Å²) in [5.74, 6) is -0.665. The topological polar surface area (TPSA) is 101 Å². The number of hydrogen-bond acceptors (Lipinski definition) is 7. The molecule has 3 rings (SSSR count). The number of ether oxygens (including phenoxy) is 1. The first kappa shape index (κ1) is 21.6. The van der Waals surface area contributed by atoms with Crippen LogP contribution in [0.3, 0.4) is 0 Å². The summed E-state index contributed by atoms with van der Waals surface area (Å²) >= 11 is 0. The largest absolute Gasteiger partial charge is 0.495 e. The van der Waals surface area contributed by atoms with Crippen LogP contribution in [0, 0.1) is 0 Å².